The molecule has 2 aromatic heterocycles. The lowest BCUT2D eigenvalue weighted by atomic mass is 9.92. The molecule has 0 aliphatic heterocycles. The molecule has 0 aliphatic carbocycles. The number of H-pyrrole nitrogens is 1. The molecule has 0 unspecified atom stereocenters. The molecule has 5 heteroatoms. The molecule has 2 aromatic rings. The monoisotopic (exact) mass is 248 g/mol. The van der Waals surface area contributed by atoms with E-state index in [1.807, 2.05) is 19.3 Å². The highest BCUT2D eigenvalue weighted by Crippen LogP contribution is 2.22. The number of hydrogen-bond donors (Lipinski definition) is 1. The van der Waals surface area contributed by atoms with E-state index in [-0.39, 0.29) is 5.41 Å². The van der Waals surface area contributed by atoms with Crippen LogP contribution in [0.25, 0.3) is 11.4 Å². The van der Waals surface area contributed by atoms with Crippen LogP contribution >= 0.6 is 12.2 Å². The number of aromatic amines is 1. The maximum absolute atomic E-state index is 5.20. The van der Waals surface area contributed by atoms with E-state index in [4.69, 9.17) is 12.2 Å². The summed E-state index contributed by atoms with van der Waals surface area (Å²) in [4.78, 5) is 7.66. The molecule has 0 saturated carbocycles. The third kappa shape index (κ3) is 2.61. The molecule has 0 fully saturated rings. The molecule has 0 bridgehead atoms. The quantitative estimate of drug-likeness (QED) is 0.789. The van der Waals surface area contributed by atoms with Gasteiger partial charge in [0.05, 0.1) is 11.8 Å². The first-order valence-corrected chi connectivity index (χ1v) is 5.88. The van der Waals surface area contributed by atoms with Crippen molar-refractivity contribution in [3.05, 3.63) is 28.8 Å². The van der Waals surface area contributed by atoms with E-state index in [2.05, 4.69) is 35.8 Å². The highest BCUT2D eigenvalue weighted by Gasteiger charge is 2.16. The minimum Gasteiger partial charge on any atom is -0.343 e. The van der Waals surface area contributed by atoms with Gasteiger partial charge in [-0.25, -0.2) is 4.98 Å². The molecule has 17 heavy (non-hydrogen) atoms. The Morgan fingerprint density at radius 2 is 2.06 bits per heavy atom. The first-order chi connectivity index (χ1) is 7.86. The Bertz CT molecular complexity index is 589. The van der Waals surface area contributed by atoms with Crippen LogP contribution in [-0.2, 0) is 12.5 Å². The van der Waals surface area contributed by atoms with Gasteiger partial charge in [-0.2, -0.15) is 5.10 Å². The Kier molecular flexibility index (Phi) is 2.87. The fraction of sp³-hybridized carbons (Fsp3) is 0.417. The van der Waals surface area contributed by atoms with Gasteiger partial charge in [0.2, 0.25) is 0 Å². The maximum atomic E-state index is 5.20. The maximum Gasteiger partial charge on any atom is 0.142 e. The van der Waals surface area contributed by atoms with E-state index >= 15 is 0 Å². The number of nitrogens with zero attached hydrogens (tertiary/aromatic N) is 3. The molecule has 0 aliphatic rings. The van der Waals surface area contributed by atoms with E-state index in [0.29, 0.717) is 4.64 Å². The number of rotatable bonds is 1. The Morgan fingerprint density at radius 1 is 1.35 bits per heavy atom. The third-order valence-corrected chi connectivity index (χ3v) is 2.74. The molecule has 0 aromatic carbocycles. The SMILES string of the molecule is Cn1cc(-c2nc(=S)cc(C(C)(C)C)[nH]2)cn1. The van der Waals surface area contributed by atoms with Crippen molar-refractivity contribution >= 4 is 12.2 Å². The first-order valence-electron chi connectivity index (χ1n) is 5.47. The Hall–Kier alpha value is -1.49. The molecule has 1 N–H and O–H groups in total. The molecule has 2 rings (SSSR count). The average molecular weight is 248 g/mol. The van der Waals surface area contributed by atoms with Crippen molar-refractivity contribution in [1.82, 2.24) is 19.7 Å². The minimum absolute atomic E-state index is 0.0213. The molecule has 0 radical (unpaired) electrons. The molecule has 0 spiro atoms. The summed E-state index contributed by atoms with van der Waals surface area (Å²) in [6.45, 7) is 6.42. The van der Waals surface area contributed by atoms with Crippen molar-refractivity contribution in [1.29, 1.82) is 0 Å². The van der Waals surface area contributed by atoms with E-state index in [1.54, 1.807) is 10.9 Å². The molecular formula is C12H16N4S. The lowest BCUT2D eigenvalue weighted by Gasteiger charge is -2.19. The molecule has 90 valence electrons. The van der Waals surface area contributed by atoms with Crippen LogP contribution in [0.4, 0.5) is 0 Å². The summed E-state index contributed by atoms with van der Waals surface area (Å²) < 4.78 is 2.35. The highest BCUT2D eigenvalue weighted by atomic mass is 32.1. The van der Waals surface area contributed by atoms with Crippen molar-refractivity contribution in [3.8, 4) is 11.4 Å². The zero-order valence-electron chi connectivity index (χ0n) is 10.5. The normalized spacial score (nSPS) is 11.8. The van der Waals surface area contributed by atoms with Crippen molar-refractivity contribution < 1.29 is 0 Å². The van der Waals surface area contributed by atoms with E-state index in [0.717, 1.165) is 17.1 Å². The van der Waals surface area contributed by atoms with Crippen LogP contribution in [0, 0.1) is 4.64 Å². The summed E-state index contributed by atoms with van der Waals surface area (Å²) in [6.07, 6.45) is 3.69. The lowest BCUT2D eigenvalue weighted by Crippen LogP contribution is -2.14. The topological polar surface area (TPSA) is 46.5 Å². The van der Waals surface area contributed by atoms with Crippen LogP contribution < -0.4 is 0 Å². The van der Waals surface area contributed by atoms with Gasteiger partial charge in [0.15, 0.2) is 0 Å². The van der Waals surface area contributed by atoms with Crippen molar-refractivity contribution in [2.24, 2.45) is 7.05 Å². The molecule has 4 nitrogen and oxygen atoms in total. The van der Waals surface area contributed by atoms with Gasteiger partial charge in [0.25, 0.3) is 0 Å². The fourth-order valence-corrected chi connectivity index (χ4v) is 1.75. The van der Waals surface area contributed by atoms with Crippen LogP contribution in [0.5, 0.6) is 0 Å². The van der Waals surface area contributed by atoms with Crippen LogP contribution in [0.3, 0.4) is 0 Å². The second-order valence-electron chi connectivity index (χ2n) is 5.13. The number of hydrogen-bond acceptors (Lipinski definition) is 3. The predicted molar refractivity (Wildman–Crippen MR) is 70.3 cm³/mol. The summed E-state index contributed by atoms with van der Waals surface area (Å²) in [5, 5.41) is 4.14. The van der Waals surface area contributed by atoms with Crippen LogP contribution in [0.15, 0.2) is 18.5 Å². The largest absolute Gasteiger partial charge is 0.343 e. The van der Waals surface area contributed by atoms with Crippen molar-refractivity contribution in [2.45, 2.75) is 26.2 Å². The zero-order valence-corrected chi connectivity index (χ0v) is 11.3. The van der Waals surface area contributed by atoms with Crippen LogP contribution in [0.2, 0.25) is 0 Å². The molecule has 0 atom stereocenters. The van der Waals surface area contributed by atoms with Gasteiger partial charge in [0.1, 0.15) is 10.5 Å². The Morgan fingerprint density at radius 3 is 2.59 bits per heavy atom. The van der Waals surface area contributed by atoms with Gasteiger partial charge in [-0.05, 0) is 6.07 Å². The highest BCUT2D eigenvalue weighted by molar-refractivity contribution is 7.71. The van der Waals surface area contributed by atoms with Crippen molar-refractivity contribution in [3.63, 3.8) is 0 Å². The van der Waals surface area contributed by atoms with Crippen LogP contribution in [0.1, 0.15) is 26.5 Å². The zero-order chi connectivity index (χ0) is 12.6. The van der Waals surface area contributed by atoms with Gasteiger partial charge >= 0.3 is 0 Å². The lowest BCUT2D eigenvalue weighted by molar-refractivity contribution is 0.567. The van der Waals surface area contributed by atoms with Gasteiger partial charge < -0.3 is 4.98 Å². The summed E-state index contributed by atoms with van der Waals surface area (Å²) in [6, 6.07) is 1.91. The van der Waals surface area contributed by atoms with Gasteiger partial charge in [-0.15, -0.1) is 0 Å². The smallest absolute Gasteiger partial charge is 0.142 e. The van der Waals surface area contributed by atoms with Gasteiger partial charge in [-0.3, -0.25) is 4.68 Å². The van der Waals surface area contributed by atoms with Gasteiger partial charge in [0, 0.05) is 24.4 Å². The third-order valence-electron chi connectivity index (χ3n) is 2.53. The molecule has 0 amide bonds. The van der Waals surface area contributed by atoms with Crippen LogP contribution in [-0.4, -0.2) is 19.7 Å². The fourth-order valence-electron chi connectivity index (χ4n) is 1.54. The van der Waals surface area contributed by atoms with E-state index in [9.17, 15) is 0 Å². The van der Waals surface area contributed by atoms with E-state index < -0.39 is 0 Å². The van der Waals surface area contributed by atoms with E-state index in [1.165, 1.54) is 0 Å². The average Bonchev–Trinajstić information content (AvgIpc) is 2.62. The minimum atomic E-state index is 0.0213. The second kappa shape index (κ2) is 4.07. The number of aromatic nitrogens is 4. The van der Waals surface area contributed by atoms with Gasteiger partial charge in [-0.1, -0.05) is 33.0 Å². The summed E-state index contributed by atoms with van der Waals surface area (Å²) in [5.74, 6) is 0.774. The Balaban J connectivity index is 2.57. The summed E-state index contributed by atoms with van der Waals surface area (Å²) in [7, 11) is 1.88. The standard InChI is InChI=1S/C12H16N4S/c1-12(2,3)9-5-10(17)15-11(14-9)8-6-13-16(4)7-8/h5-7H,1-4H3,(H,14,15,17). The molecule has 0 saturated heterocycles. The second-order valence-corrected chi connectivity index (χ2v) is 5.55. The summed E-state index contributed by atoms with van der Waals surface area (Å²) >= 11 is 5.20. The molecular weight excluding hydrogens is 232 g/mol. The van der Waals surface area contributed by atoms with Crippen molar-refractivity contribution in [2.75, 3.05) is 0 Å². The Labute approximate surface area is 106 Å². The summed E-state index contributed by atoms with van der Waals surface area (Å²) in [5.41, 5.74) is 2.05. The number of nitrogens with one attached hydrogen (secondary N) is 1. The number of aryl methyl sites for hydroxylation is 1. The predicted octanol–water partition coefficient (Wildman–Crippen LogP) is 2.84. The first kappa shape index (κ1) is 12.0. The molecule has 2 heterocycles.